The summed E-state index contributed by atoms with van der Waals surface area (Å²) in [6, 6.07) is 7.75. The van der Waals surface area contributed by atoms with Crippen molar-refractivity contribution in [3.63, 3.8) is 0 Å². The normalized spacial score (nSPS) is 10.9. The van der Waals surface area contributed by atoms with Gasteiger partial charge in [0.05, 0.1) is 12.3 Å². The second-order valence-electron chi connectivity index (χ2n) is 5.83. The van der Waals surface area contributed by atoms with Crippen molar-refractivity contribution in [3.8, 4) is 17.3 Å². The van der Waals surface area contributed by atoms with Gasteiger partial charge in [-0.05, 0) is 51.5 Å². The first-order valence-electron chi connectivity index (χ1n) is 8.24. The molecule has 0 aliphatic heterocycles. The Labute approximate surface area is 151 Å². The lowest BCUT2D eigenvalue weighted by Gasteiger charge is -2.19. The van der Waals surface area contributed by atoms with E-state index in [9.17, 15) is 0 Å². The molecule has 3 rings (SSSR count). The van der Waals surface area contributed by atoms with Crippen LogP contribution >= 0.6 is 11.5 Å². The minimum atomic E-state index is 0.122. The van der Waals surface area contributed by atoms with Gasteiger partial charge >= 0.3 is 0 Å². The summed E-state index contributed by atoms with van der Waals surface area (Å²) in [7, 11) is 0. The number of pyridine rings is 2. The van der Waals surface area contributed by atoms with Gasteiger partial charge in [0.1, 0.15) is 17.3 Å². The van der Waals surface area contributed by atoms with E-state index >= 15 is 0 Å². The Balaban J connectivity index is 1.85. The third-order valence-corrected chi connectivity index (χ3v) is 4.28. The van der Waals surface area contributed by atoms with E-state index in [4.69, 9.17) is 4.74 Å². The van der Waals surface area contributed by atoms with Crippen LogP contribution < -0.4 is 9.64 Å². The van der Waals surface area contributed by atoms with Crippen molar-refractivity contribution in [1.29, 1.82) is 0 Å². The smallest absolute Gasteiger partial charge is 0.211 e. The van der Waals surface area contributed by atoms with Gasteiger partial charge in [0.25, 0.3) is 0 Å². The maximum Gasteiger partial charge on any atom is 0.211 e. The summed E-state index contributed by atoms with van der Waals surface area (Å²) in [5.74, 6) is 2.26. The minimum absolute atomic E-state index is 0.122. The van der Waals surface area contributed by atoms with Crippen molar-refractivity contribution in [2.45, 2.75) is 33.8 Å². The Hall–Kier alpha value is -2.54. The van der Waals surface area contributed by atoms with E-state index in [0.29, 0.717) is 5.82 Å². The maximum absolute atomic E-state index is 5.62. The molecule has 6 nitrogen and oxygen atoms in total. The summed E-state index contributed by atoms with van der Waals surface area (Å²) in [4.78, 5) is 15.6. The van der Waals surface area contributed by atoms with Crippen molar-refractivity contribution >= 4 is 22.5 Å². The molecule has 0 spiro atoms. The van der Waals surface area contributed by atoms with Gasteiger partial charge in [-0.1, -0.05) is 6.07 Å². The fraction of sp³-hybridized carbons (Fsp3) is 0.333. The summed E-state index contributed by atoms with van der Waals surface area (Å²) in [5, 5.41) is 0.809. The van der Waals surface area contributed by atoms with Gasteiger partial charge in [0.2, 0.25) is 5.13 Å². The molecule has 0 bridgehead atoms. The van der Waals surface area contributed by atoms with Gasteiger partial charge in [0, 0.05) is 24.3 Å². The number of anilines is 2. The number of aromatic nitrogens is 4. The molecule has 25 heavy (non-hydrogen) atoms. The van der Waals surface area contributed by atoms with Gasteiger partial charge in [-0.3, -0.25) is 0 Å². The van der Waals surface area contributed by atoms with Crippen LogP contribution in [0.15, 0.2) is 36.7 Å². The van der Waals surface area contributed by atoms with Crippen molar-refractivity contribution in [2.75, 3.05) is 11.4 Å². The molecule has 0 saturated carbocycles. The Morgan fingerprint density at radius 1 is 1.20 bits per heavy atom. The first kappa shape index (κ1) is 17.3. The van der Waals surface area contributed by atoms with Crippen molar-refractivity contribution in [3.05, 3.63) is 42.2 Å². The van der Waals surface area contributed by atoms with Crippen LogP contribution in [0.4, 0.5) is 10.9 Å². The highest BCUT2D eigenvalue weighted by Crippen LogP contribution is 2.29. The number of ether oxygens (including phenoxy) is 1. The quantitative estimate of drug-likeness (QED) is 0.659. The summed E-state index contributed by atoms with van der Waals surface area (Å²) in [6.45, 7) is 8.86. The van der Waals surface area contributed by atoms with Crippen LogP contribution in [-0.4, -0.2) is 32.0 Å². The molecule has 3 aromatic heterocycles. The fourth-order valence-corrected chi connectivity index (χ4v) is 3.16. The van der Waals surface area contributed by atoms with Gasteiger partial charge in [-0.15, -0.1) is 0 Å². The molecule has 7 heteroatoms. The van der Waals surface area contributed by atoms with Crippen LogP contribution in [0, 0.1) is 6.92 Å². The maximum atomic E-state index is 5.62. The van der Waals surface area contributed by atoms with E-state index in [1.54, 1.807) is 12.4 Å². The summed E-state index contributed by atoms with van der Waals surface area (Å²) in [5.41, 5.74) is 1.84. The largest absolute Gasteiger partial charge is 0.489 e. The highest BCUT2D eigenvalue weighted by molar-refractivity contribution is 7.10. The van der Waals surface area contributed by atoms with Crippen LogP contribution in [-0.2, 0) is 0 Å². The predicted octanol–water partition coefficient (Wildman–Crippen LogP) is 4.25. The topological polar surface area (TPSA) is 64.0 Å². The fourth-order valence-electron chi connectivity index (χ4n) is 2.42. The van der Waals surface area contributed by atoms with Gasteiger partial charge in [-0.25, -0.2) is 9.97 Å². The van der Waals surface area contributed by atoms with E-state index in [-0.39, 0.29) is 6.10 Å². The van der Waals surface area contributed by atoms with E-state index in [1.807, 2.05) is 45.0 Å². The zero-order valence-electron chi connectivity index (χ0n) is 14.8. The SMILES string of the molecule is CCN(c1nc(-c2ccc(OC(C)C)cn2)ns1)c1ncccc1C. The average Bonchev–Trinajstić information content (AvgIpc) is 3.07. The Morgan fingerprint density at radius 2 is 2.04 bits per heavy atom. The molecule has 3 aromatic rings. The zero-order valence-corrected chi connectivity index (χ0v) is 15.6. The molecular formula is C18H21N5OS. The van der Waals surface area contributed by atoms with Gasteiger partial charge < -0.3 is 9.64 Å². The van der Waals surface area contributed by atoms with E-state index < -0.39 is 0 Å². The van der Waals surface area contributed by atoms with Crippen LogP contribution in [0.2, 0.25) is 0 Å². The van der Waals surface area contributed by atoms with Crippen molar-refractivity contribution in [1.82, 2.24) is 19.3 Å². The lowest BCUT2D eigenvalue weighted by molar-refractivity contribution is 0.241. The number of hydrogen-bond acceptors (Lipinski definition) is 7. The number of hydrogen-bond donors (Lipinski definition) is 0. The van der Waals surface area contributed by atoms with Crippen LogP contribution in [0.25, 0.3) is 11.5 Å². The zero-order chi connectivity index (χ0) is 17.8. The first-order chi connectivity index (χ1) is 12.1. The third-order valence-electron chi connectivity index (χ3n) is 3.54. The molecule has 0 atom stereocenters. The molecular weight excluding hydrogens is 334 g/mol. The summed E-state index contributed by atoms with van der Waals surface area (Å²) in [6.07, 6.45) is 3.62. The summed E-state index contributed by atoms with van der Waals surface area (Å²) < 4.78 is 10.1. The third kappa shape index (κ3) is 3.93. The standard InChI is InChI=1S/C18H21N5OS/c1-5-23(17-13(4)7-6-10-19-17)18-21-16(22-25-18)15-9-8-14(11-20-15)24-12(2)3/h6-12H,5H2,1-4H3. The molecule has 0 saturated heterocycles. The van der Waals surface area contributed by atoms with Gasteiger partial charge in [-0.2, -0.15) is 9.36 Å². The minimum Gasteiger partial charge on any atom is -0.489 e. The van der Waals surface area contributed by atoms with E-state index in [2.05, 4.69) is 31.1 Å². The Bertz CT molecular complexity index is 831. The number of aryl methyl sites for hydroxylation is 1. The molecule has 0 unspecified atom stereocenters. The monoisotopic (exact) mass is 355 g/mol. The Kier molecular flexibility index (Phi) is 5.23. The molecule has 0 N–H and O–H groups in total. The van der Waals surface area contributed by atoms with Crippen molar-refractivity contribution in [2.24, 2.45) is 0 Å². The van der Waals surface area contributed by atoms with E-state index in [0.717, 1.165) is 34.5 Å². The number of rotatable bonds is 6. The molecule has 3 heterocycles. The molecule has 0 fully saturated rings. The van der Waals surface area contributed by atoms with Crippen LogP contribution in [0.5, 0.6) is 5.75 Å². The van der Waals surface area contributed by atoms with E-state index in [1.165, 1.54) is 11.5 Å². The van der Waals surface area contributed by atoms with Crippen LogP contribution in [0.3, 0.4) is 0 Å². The Morgan fingerprint density at radius 3 is 2.68 bits per heavy atom. The predicted molar refractivity (Wildman–Crippen MR) is 101 cm³/mol. The van der Waals surface area contributed by atoms with Crippen LogP contribution in [0.1, 0.15) is 26.3 Å². The van der Waals surface area contributed by atoms with Crippen molar-refractivity contribution < 1.29 is 4.74 Å². The molecule has 130 valence electrons. The summed E-state index contributed by atoms with van der Waals surface area (Å²) >= 11 is 1.35. The highest BCUT2D eigenvalue weighted by atomic mass is 32.1. The number of nitrogens with zero attached hydrogens (tertiary/aromatic N) is 5. The lowest BCUT2D eigenvalue weighted by Crippen LogP contribution is -2.18. The average molecular weight is 355 g/mol. The first-order valence-corrected chi connectivity index (χ1v) is 9.01. The molecule has 0 radical (unpaired) electrons. The lowest BCUT2D eigenvalue weighted by atomic mass is 10.3. The second kappa shape index (κ2) is 7.57. The molecule has 0 aliphatic rings. The highest BCUT2D eigenvalue weighted by Gasteiger charge is 2.17. The molecule has 0 aromatic carbocycles. The molecule has 0 aliphatic carbocycles. The molecule has 0 amide bonds. The van der Waals surface area contributed by atoms with Gasteiger partial charge in [0.15, 0.2) is 5.82 Å². The second-order valence-corrected chi connectivity index (χ2v) is 6.56.